The number of nitrogens with one attached hydrogen (secondary N) is 1. The Kier molecular flexibility index (Phi) is 5.37. The van der Waals surface area contributed by atoms with Crippen molar-refractivity contribution in [2.24, 2.45) is 0 Å². The molecule has 1 N–H and O–H groups in total. The Morgan fingerprint density at radius 2 is 1.77 bits per heavy atom. The number of benzene rings is 2. The minimum Gasteiger partial charge on any atom is -0.495 e. The van der Waals surface area contributed by atoms with E-state index in [-0.39, 0.29) is 5.78 Å². The predicted molar refractivity (Wildman–Crippen MR) is 90.6 cm³/mol. The quantitative estimate of drug-likeness (QED) is 0.624. The lowest BCUT2D eigenvalue weighted by Crippen LogP contribution is -1.98. The third kappa shape index (κ3) is 3.98. The van der Waals surface area contributed by atoms with Crippen molar-refractivity contribution in [1.82, 2.24) is 0 Å². The molecule has 22 heavy (non-hydrogen) atoms. The van der Waals surface area contributed by atoms with Crippen LogP contribution >= 0.6 is 0 Å². The van der Waals surface area contributed by atoms with Crippen molar-refractivity contribution >= 4 is 11.5 Å². The van der Waals surface area contributed by atoms with E-state index in [9.17, 15) is 4.79 Å². The summed E-state index contributed by atoms with van der Waals surface area (Å²) in [6.45, 7) is 4.27. The van der Waals surface area contributed by atoms with E-state index in [0.29, 0.717) is 11.5 Å². The van der Waals surface area contributed by atoms with Gasteiger partial charge in [-0.3, -0.25) is 4.79 Å². The lowest BCUT2D eigenvalue weighted by molar-refractivity contribution is 0.104. The van der Waals surface area contributed by atoms with E-state index in [1.807, 2.05) is 48.5 Å². The van der Waals surface area contributed by atoms with Gasteiger partial charge in [-0.25, -0.2) is 0 Å². The van der Waals surface area contributed by atoms with Crippen molar-refractivity contribution in [1.29, 1.82) is 0 Å². The summed E-state index contributed by atoms with van der Waals surface area (Å²) in [7, 11) is 1.62. The molecule has 0 fully saturated rings. The summed E-state index contributed by atoms with van der Waals surface area (Å²) < 4.78 is 5.24. The van der Waals surface area contributed by atoms with E-state index in [1.165, 1.54) is 11.6 Å². The maximum atomic E-state index is 12.1. The van der Waals surface area contributed by atoms with Gasteiger partial charge in [-0.2, -0.15) is 0 Å². The van der Waals surface area contributed by atoms with E-state index in [2.05, 4.69) is 19.2 Å². The molecular weight excluding hydrogens is 274 g/mol. The van der Waals surface area contributed by atoms with Crippen LogP contribution in [0.4, 0.5) is 5.69 Å². The first-order valence-corrected chi connectivity index (χ1v) is 7.32. The Balaban J connectivity index is 2.02. The van der Waals surface area contributed by atoms with Gasteiger partial charge >= 0.3 is 0 Å². The normalized spacial score (nSPS) is 10.9. The number of rotatable bonds is 6. The standard InChI is InChI=1S/C19H21NO2/c1-14(2)15-8-10-16(11-9-15)18(21)12-13-20-17-6-4-5-7-19(17)22-3/h4-14,20H,1-3H3/b13-12+. The average Bonchev–Trinajstić information content (AvgIpc) is 2.55. The van der Waals surface area contributed by atoms with Gasteiger partial charge in [-0.1, -0.05) is 50.2 Å². The van der Waals surface area contributed by atoms with Crippen LogP contribution in [0.5, 0.6) is 5.75 Å². The first-order valence-electron chi connectivity index (χ1n) is 7.32. The first kappa shape index (κ1) is 15.8. The molecule has 0 aliphatic rings. The highest BCUT2D eigenvalue weighted by Gasteiger charge is 2.04. The van der Waals surface area contributed by atoms with Gasteiger partial charge < -0.3 is 10.1 Å². The van der Waals surface area contributed by atoms with Crippen LogP contribution in [0.25, 0.3) is 0 Å². The Bertz CT molecular complexity index is 657. The molecule has 3 heteroatoms. The number of ketones is 1. The number of hydrogen-bond donors (Lipinski definition) is 1. The van der Waals surface area contributed by atoms with Crippen molar-refractivity contribution in [2.45, 2.75) is 19.8 Å². The van der Waals surface area contributed by atoms with Gasteiger partial charge in [-0.15, -0.1) is 0 Å². The molecule has 2 aromatic rings. The minimum atomic E-state index is -0.0299. The maximum absolute atomic E-state index is 12.1. The molecule has 0 aliphatic heterocycles. The minimum absolute atomic E-state index is 0.0299. The number of hydrogen-bond acceptors (Lipinski definition) is 3. The molecular formula is C19H21NO2. The lowest BCUT2D eigenvalue weighted by atomic mass is 10.0. The van der Waals surface area contributed by atoms with Crippen molar-refractivity contribution in [3.8, 4) is 5.75 Å². The molecule has 2 rings (SSSR count). The molecule has 0 saturated carbocycles. The summed E-state index contributed by atoms with van der Waals surface area (Å²) in [5, 5.41) is 3.07. The summed E-state index contributed by atoms with van der Waals surface area (Å²) in [4.78, 5) is 12.1. The highest BCUT2D eigenvalue weighted by molar-refractivity contribution is 6.04. The summed E-state index contributed by atoms with van der Waals surface area (Å²) in [6, 6.07) is 15.3. The first-order chi connectivity index (χ1) is 10.6. The largest absolute Gasteiger partial charge is 0.495 e. The van der Waals surface area contributed by atoms with Gasteiger partial charge in [0.1, 0.15) is 5.75 Å². The van der Waals surface area contributed by atoms with Gasteiger partial charge in [0.2, 0.25) is 0 Å². The molecule has 0 bridgehead atoms. The number of ether oxygens (including phenoxy) is 1. The van der Waals surface area contributed by atoms with Crippen molar-refractivity contribution in [3.63, 3.8) is 0 Å². The summed E-state index contributed by atoms with van der Waals surface area (Å²) in [5.74, 6) is 1.17. The van der Waals surface area contributed by atoms with E-state index in [0.717, 1.165) is 11.4 Å². The number of methoxy groups -OCH3 is 1. The van der Waals surface area contributed by atoms with Crippen LogP contribution in [0.15, 0.2) is 60.8 Å². The molecule has 114 valence electrons. The van der Waals surface area contributed by atoms with E-state index < -0.39 is 0 Å². The molecule has 2 aromatic carbocycles. The fourth-order valence-corrected chi connectivity index (χ4v) is 2.10. The van der Waals surface area contributed by atoms with Gasteiger partial charge in [-0.05, 0) is 23.6 Å². The fraction of sp³-hybridized carbons (Fsp3) is 0.211. The molecule has 0 unspecified atom stereocenters. The number of carbonyl (C=O) groups is 1. The van der Waals surface area contributed by atoms with Gasteiger partial charge in [0.25, 0.3) is 0 Å². The van der Waals surface area contributed by atoms with Crippen molar-refractivity contribution < 1.29 is 9.53 Å². The number of carbonyl (C=O) groups excluding carboxylic acids is 1. The van der Waals surface area contributed by atoms with Crippen LogP contribution in [-0.4, -0.2) is 12.9 Å². The second-order valence-electron chi connectivity index (χ2n) is 5.32. The molecule has 0 atom stereocenters. The molecule has 0 heterocycles. The SMILES string of the molecule is COc1ccccc1N/C=C/C(=O)c1ccc(C(C)C)cc1. The zero-order valence-corrected chi connectivity index (χ0v) is 13.2. The molecule has 0 aliphatic carbocycles. The third-order valence-electron chi connectivity index (χ3n) is 3.44. The molecule has 3 nitrogen and oxygen atoms in total. The summed E-state index contributed by atoms with van der Waals surface area (Å²) in [5.41, 5.74) is 2.74. The van der Waals surface area contributed by atoms with E-state index >= 15 is 0 Å². The van der Waals surface area contributed by atoms with Gasteiger partial charge in [0, 0.05) is 17.8 Å². The van der Waals surface area contributed by atoms with E-state index in [4.69, 9.17) is 4.74 Å². The number of para-hydroxylation sites is 2. The zero-order chi connectivity index (χ0) is 15.9. The zero-order valence-electron chi connectivity index (χ0n) is 13.2. The molecule has 0 radical (unpaired) electrons. The number of allylic oxidation sites excluding steroid dienone is 1. The topological polar surface area (TPSA) is 38.3 Å². The third-order valence-corrected chi connectivity index (χ3v) is 3.44. The second-order valence-corrected chi connectivity index (χ2v) is 5.32. The van der Waals surface area contributed by atoms with Crippen LogP contribution < -0.4 is 10.1 Å². The maximum Gasteiger partial charge on any atom is 0.187 e. The highest BCUT2D eigenvalue weighted by atomic mass is 16.5. The second kappa shape index (κ2) is 7.46. The number of anilines is 1. The van der Waals surface area contributed by atoms with Crippen LogP contribution in [0, 0.1) is 0 Å². The smallest absolute Gasteiger partial charge is 0.187 e. The fourth-order valence-electron chi connectivity index (χ4n) is 2.10. The Morgan fingerprint density at radius 1 is 1.09 bits per heavy atom. The van der Waals surface area contributed by atoms with Gasteiger partial charge in [0.05, 0.1) is 12.8 Å². The van der Waals surface area contributed by atoms with Crippen LogP contribution in [0.3, 0.4) is 0 Å². The molecule has 0 spiro atoms. The monoisotopic (exact) mass is 295 g/mol. The Morgan fingerprint density at radius 3 is 2.41 bits per heavy atom. The van der Waals surface area contributed by atoms with Crippen molar-refractivity contribution in [2.75, 3.05) is 12.4 Å². The van der Waals surface area contributed by atoms with Crippen LogP contribution in [-0.2, 0) is 0 Å². The van der Waals surface area contributed by atoms with Crippen LogP contribution in [0.2, 0.25) is 0 Å². The van der Waals surface area contributed by atoms with Crippen LogP contribution in [0.1, 0.15) is 35.7 Å². The summed E-state index contributed by atoms with van der Waals surface area (Å²) >= 11 is 0. The molecule has 0 saturated heterocycles. The average molecular weight is 295 g/mol. The Hall–Kier alpha value is -2.55. The predicted octanol–water partition coefficient (Wildman–Crippen LogP) is 4.63. The summed E-state index contributed by atoms with van der Waals surface area (Å²) in [6.07, 6.45) is 3.16. The highest BCUT2D eigenvalue weighted by Crippen LogP contribution is 2.22. The lowest BCUT2D eigenvalue weighted by Gasteiger charge is -2.07. The molecule has 0 aromatic heterocycles. The van der Waals surface area contributed by atoms with Gasteiger partial charge in [0.15, 0.2) is 5.78 Å². The molecule has 0 amide bonds. The Labute approximate surface area is 131 Å². The van der Waals surface area contributed by atoms with Crippen molar-refractivity contribution in [3.05, 3.63) is 71.9 Å². The van der Waals surface area contributed by atoms with E-state index in [1.54, 1.807) is 13.3 Å².